The molecule has 2 atom stereocenters. The third kappa shape index (κ3) is 2.19. The molecule has 0 aliphatic carbocycles. The van der Waals surface area contributed by atoms with Gasteiger partial charge < -0.3 is 15.2 Å². The summed E-state index contributed by atoms with van der Waals surface area (Å²) in [6, 6.07) is 10.0. The first kappa shape index (κ1) is 12.8. The van der Waals surface area contributed by atoms with E-state index in [1.807, 2.05) is 12.1 Å². The second-order valence-electron chi connectivity index (χ2n) is 6.00. The molecular formula is C15H22N3O-. The van der Waals surface area contributed by atoms with Crippen LogP contribution in [0, 0.1) is 5.21 Å². The van der Waals surface area contributed by atoms with Crippen molar-refractivity contribution in [1.29, 1.82) is 0 Å². The Kier molecular flexibility index (Phi) is 3.15. The van der Waals surface area contributed by atoms with Gasteiger partial charge in [0.25, 0.3) is 0 Å². The minimum atomic E-state index is 0.655. The van der Waals surface area contributed by atoms with Gasteiger partial charge in [-0.1, -0.05) is 0 Å². The smallest absolute Gasteiger partial charge is 0.0368 e. The van der Waals surface area contributed by atoms with Gasteiger partial charge in [0.05, 0.1) is 0 Å². The van der Waals surface area contributed by atoms with E-state index in [1.54, 1.807) is 0 Å². The Bertz CT molecular complexity index is 431. The molecule has 0 radical (unpaired) electrons. The lowest BCUT2D eigenvalue weighted by Crippen LogP contribution is -2.70. The van der Waals surface area contributed by atoms with E-state index in [0.29, 0.717) is 18.1 Å². The summed E-state index contributed by atoms with van der Waals surface area (Å²) in [5, 5.41) is 12.1. The number of rotatable bonds is 3. The summed E-state index contributed by atoms with van der Waals surface area (Å²) in [6.45, 7) is 6.80. The fourth-order valence-electron chi connectivity index (χ4n) is 3.57. The normalized spacial score (nSPS) is 26.5. The van der Waals surface area contributed by atoms with Crippen LogP contribution in [0.1, 0.15) is 20.3 Å². The number of fused-ring (bicyclic) bond motifs is 2. The van der Waals surface area contributed by atoms with Gasteiger partial charge in [-0.25, -0.2) is 0 Å². The average molecular weight is 260 g/mol. The first-order valence-corrected chi connectivity index (χ1v) is 7.09. The van der Waals surface area contributed by atoms with Crippen LogP contribution in [0.5, 0.6) is 0 Å². The Labute approximate surface area is 115 Å². The number of hydroxylamine groups is 1. The third-order valence-corrected chi connectivity index (χ3v) is 4.42. The second-order valence-corrected chi connectivity index (χ2v) is 6.00. The van der Waals surface area contributed by atoms with Crippen molar-refractivity contribution in [3.8, 4) is 0 Å². The number of piperazine rings is 1. The van der Waals surface area contributed by atoms with Crippen molar-refractivity contribution in [2.24, 2.45) is 0 Å². The van der Waals surface area contributed by atoms with Crippen molar-refractivity contribution in [3.63, 3.8) is 0 Å². The van der Waals surface area contributed by atoms with Crippen molar-refractivity contribution < 1.29 is 0 Å². The van der Waals surface area contributed by atoms with Gasteiger partial charge in [-0.15, -0.1) is 0 Å². The van der Waals surface area contributed by atoms with E-state index < -0.39 is 0 Å². The molecule has 2 unspecified atom stereocenters. The average Bonchev–Trinajstić information content (AvgIpc) is 2.38. The quantitative estimate of drug-likeness (QED) is 0.781. The van der Waals surface area contributed by atoms with E-state index in [-0.39, 0.29) is 0 Å². The van der Waals surface area contributed by atoms with Gasteiger partial charge in [-0.3, -0.25) is 4.90 Å². The van der Waals surface area contributed by atoms with Crippen LogP contribution in [-0.2, 0) is 0 Å². The molecule has 1 aromatic carbocycles. The highest BCUT2D eigenvalue weighted by Crippen LogP contribution is 2.36. The number of hydrogen-bond acceptors (Lipinski definition) is 4. The molecule has 4 nitrogen and oxygen atoms in total. The Hall–Kier alpha value is -1.26. The maximum absolute atomic E-state index is 11.2. The Morgan fingerprint density at radius 2 is 1.74 bits per heavy atom. The molecule has 0 N–H and O–H groups in total. The van der Waals surface area contributed by atoms with Crippen LogP contribution in [0.4, 0.5) is 11.4 Å². The van der Waals surface area contributed by atoms with Crippen LogP contribution in [0.15, 0.2) is 24.3 Å². The zero-order valence-corrected chi connectivity index (χ0v) is 11.9. The van der Waals surface area contributed by atoms with Crippen LogP contribution in [0.2, 0.25) is 0 Å². The van der Waals surface area contributed by atoms with E-state index in [4.69, 9.17) is 0 Å². The molecule has 0 spiro atoms. The minimum Gasteiger partial charge on any atom is -0.758 e. The molecule has 0 saturated carbocycles. The van der Waals surface area contributed by atoms with Crippen molar-refractivity contribution in [1.82, 2.24) is 4.90 Å². The first-order chi connectivity index (χ1) is 9.06. The summed E-state index contributed by atoms with van der Waals surface area (Å²) in [6.07, 6.45) is 1.34. The summed E-state index contributed by atoms with van der Waals surface area (Å²) >= 11 is 0. The molecule has 3 saturated heterocycles. The van der Waals surface area contributed by atoms with Crippen molar-refractivity contribution in [2.45, 2.75) is 38.4 Å². The minimum absolute atomic E-state index is 0.655. The van der Waals surface area contributed by atoms with Gasteiger partial charge in [0.2, 0.25) is 0 Å². The van der Waals surface area contributed by atoms with Gasteiger partial charge in [0.1, 0.15) is 0 Å². The van der Waals surface area contributed by atoms with E-state index in [9.17, 15) is 5.21 Å². The lowest BCUT2D eigenvalue weighted by Gasteiger charge is -2.58. The van der Waals surface area contributed by atoms with E-state index >= 15 is 0 Å². The SMILES string of the molecule is CC(C)N1C2CC1CN(c1ccc(N(C)[O-])cc1)C2. The summed E-state index contributed by atoms with van der Waals surface area (Å²) in [4.78, 5) is 5.09. The van der Waals surface area contributed by atoms with Crippen molar-refractivity contribution >= 4 is 11.4 Å². The Morgan fingerprint density at radius 1 is 1.16 bits per heavy atom. The summed E-state index contributed by atoms with van der Waals surface area (Å²) in [5.41, 5.74) is 1.96. The number of anilines is 2. The summed E-state index contributed by atoms with van der Waals surface area (Å²) < 4.78 is 0. The molecule has 104 valence electrons. The summed E-state index contributed by atoms with van der Waals surface area (Å²) in [7, 11) is 1.53. The number of piperidine rings is 1. The summed E-state index contributed by atoms with van der Waals surface area (Å²) in [5.74, 6) is 0. The van der Waals surface area contributed by atoms with Gasteiger partial charge in [-0.05, 0) is 51.6 Å². The highest BCUT2D eigenvalue weighted by molar-refractivity contribution is 5.57. The highest BCUT2D eigenvalue weighted by atomic mass is 16.5. The van der Waals surface area contributed by atoms with Gasteiger partial charge in [-0.2, -0.15) is 0 Å². The molecule has 4 heteroatoms. The van der Waals surface area contributed by atoms with Gasteiger partial charge >= 0.3 is 0 Å². The topological polar surface area (TPSA) is 32.8 Å². The fraction of sp³-hybridized carbons (Fsp3) is 0.600. The predicted octanol–water partition coefficient (Wildman–Crippen LogP) is 2.29. The van der Waals surface area contributed by atoms with Gasteiger partial charge in [0.15, 0.2) is 0 Å². The molecule has 3 aliphatic heterocycles. The zero-order valence-electron chi connectivity index (χ0n) is 11.9. The Morgan fingerprint density at radius 3 is 2.21 bits per heavy atom. The number of nitrogens with zero attached hydrogens (tertiary/aromatic N) is 3. The van der Waals surface area contributed by atoms with Crippen LogP contribution < -0.4 is 9.96 Å². The maximum Gasteiger partial charge on any atom is 0.0368 e. The molecule has 19 heavy (non-hydrogen) atoms. The highest BCUT2D eigenvalue weighted by Gasteiger charge is 2.45. The molecule has 3 heterocycles. The van der Waals surface area contributed by atoms with E-state index in [1.165, 1.54) is 19.2 Å². The lowest BCUT2D eigenvalue weighted by atomic mass is 9.85. The van der Waals surface area contributed by atoms with Crippen molar-refractivity contribution in [3.05, 3.63) is 29.5 Å². The molecule has 4 rings (SSSR count). The van der Waals surface area contributed by atoms with E-state index in [0.717, 1.165) is 23.8 Å². The largest absolute Gasteiger partial charge is 0.758 e. The maximum atomic E-state index is 11.2. The lowest BCUT2D eigenvalue weighted by molar-refractivity contribution is -0.0270. The number of hydrogen-bond donors (Lipinski definition) is 0. The van der Waals surface area contributed by atoms with Crippen LogP contribution in [0.3, 0.4) is 0 Å². The monoisotopic (exact) mass is 260 g/mol. The second kappa shape index (κ2) is 4.69. The molecule has 0 aromatic heterocycles. The first-order valence-electron chi connectivity index (χ1n) is 7.09. The zero-order chi connectivity index (χ0) is 13.6. The molecular weight excluding hydrogens is 238 g/mol. The molecule has 1 aromatic rings. The van der Waals surface area contributed by atoms with Crippen LogP contribution in [0.25, 0.3) is 0 Å². The fourth-order valence-corrected chi connectivity index (χ4v) is 3.57. The van der Waals surface area contributed by atoms with Gasteiger partial charge in [0, 0.05) is 42.6 Å². The number of benzene rings is 1. The molecule has 3 fully saturated rings. The van der Waals surface area contributed by atoms with Crippen LogP contribution >= 0.6 is 0 Å². The molecule has 3 aliphatic rings. The van der Waals surface area contributed by atoms with E-state index in [2.05, 4.69) is 35.8 Å². The predicted molar refractivity (Wildman–Crippen MR) is 79.6 cm³/mol. The molecule has 2 bridgehead atoms. The molecule has 0 amide bonds. The standard InChI is InChI=1S/C15H22N3O/c1-11(2)18-14-8-15(18)10-17(9-14)13-6-4-12(5-7-13)16(3)19/h4-7,11,14-15H,8-10H2,1-3H3/q-1. The van der Waals surface area contributed by atoms with Crippen LogP contribution in [-0.4, -0.2) is 43.2 Å². The third-order valence-electron chi connectivity index (χ3n) is 4.42. The van der Waals surface area contributed by atoms with Crippen molar-refractivity contribution in [2.75, 3.05) is 30.1 Å². The Balaban J connectivity index is 1.69.